The van der Waals surface area contributed by atoms with Crippen molar-refractivity contribution in [3.8, 4) is 0 Å². The van der Waals surface area contributed by atoms with Crippen LogP contribution in [-0.2, 0) is 14.8 Å². The first-order chi connectivity index (χ1) is 10.8. The molecule has 6 heteroatoms. The summed E-state index contributed by atoms with van der Waals surface area (Å²) >= 11 is 0. The van der Waals surface area contributed by atoms with Crippen molar-refractivity contribution in [3.63, 3.8) is 0 Å². The van der Waals surface area contributed by atoms with Gasteiger partial charge < -0.3 is 4.74 Å². The van der Waals surface area contributed by atoms with Gasteiger partial charge in [0, 0.05) is 14.1 Å². The summed E-state index contributed by atoms with van der Waals surface area (Å²) in [5, 5.41) is 0. The van der Waals surface area contributed by atoms with Crippen LogP contribution in [0.2, 0.25) is 0 Å². The maximum Gasteiger partial charge on any atom is 0.338 e. The zero-order valence-corrected chi connectivity index (χ0v) is 14.5. The molecule has 126 valence electrons. The molecule has 0 unspecified atom stereocenters. The van der Waals surface area contributed by atoms with Crippen LogP contribution >= 0.6 is 0 Å². The number of ether oxygens (including phenoxy) is 1. The summed E-state index contributed by atoms with van der Waals surface area (Å²) < 4.78 is 30.7. The first kappa shape index (κ1) is 17.7. The van der Waals surface area contributed by atoms with Crippen molar-refractivity contribution >= 4 is 16.0 Å². The molecule has 0 fully saturated rings. The third-order valence-electron chi connectivity index (χ3n) is 4.19. The van der Waals surface area contributed by atoms with Crippen LogP contribution in [0.25, 0.3) is 0 Å². The largest absolute Gasteiger partial charge is 0.462 e. The first-order valence-electron chi connectivity index (χ1n) is 7.67. The van der Waals surface area contributed by atoms with E-state index < -0.39 is 16.0 Å². The summed E-state index contributed by atoms with van der Waals surface area (Å²) in [6, 6.07) is 5.96. The second kappa shape index (κ2) is 7.27. The molecule has 0 spiro atoms. The molecule has 0 heterocycles. The molecule has 1 aliphatic carbocycles. The summed E-state index contributed by atoms with van der Waals surface area (Å²) in [7, 11) is -0.647. The molecule has 5 nitrogen and oxygen atoms in total. The minimum absolute atomic E-state index is 0.0888. The molecule has 0 amide bonds. The Labute approximate surface area is 138 Å². The Bertz CT molecular complexity index is 694. The van der Waals surface area contributed by atoms with Gasteiger partial charge in [0.05, 0.1) is 17.1 Å². The summed E-state index contributed by atoms with van der Waals surface area (Å²) in [6.45, 7) is 2.50. The van der Waals surface area contributed by atoms with Crippen LogP contribution in [0, 0.1) is 11.8 Å². The molecule has 2 rings (SSSR count). The van der Waals surface area contributed by atoms with Gasteiger partial charge in [0.25, 0.3) is 0 Å². The minimum Gasteiger partial charge on any atom is -0.462 e. The van der Waals surface area contributed by atoms with Crippen molar-refractivity contribution < 1.29 is 17.9 Å². The van der Waals surface area contributed by atoms with Gasteiger partial charge in [-0.2, -0.15) is 0 Å². The Morgan fingerprint density at radius 2 is 1.96 bits per heavy atom. The van der Waals surface area contributed by atoms with Gasteiger partial charge in [0.2, 0.25) is 10.0 Å². The van der Waals surface area contributed by atoms with Crippen molar-refractivity contribution in [2.75, 3.05) is 20.7 Å². The average molecular weight is 337 g/mol. The molecule has 0 radical (unpaired) electrons. The van der Waals surface area contributed by atoms with Gasteiger partial charge in [-0.05, 0) is 42.9 Å². The third-order valence-corrected chi connectivity index (χ3v) is 6.01. The number of hydrogen-bond acceptors (Lipinski definition) is 4. The van der Waals surface area contributed by atoms with E-state index in [0.29, 0.717) is 18.4 Å². The van der Waals surface area contributed by atoms with Crippen molar-refractivity contribution in [1.29, 1.82) is 0 Å². The predicted molar refractivity (Wildman–Crippen MR) is 88.6 cm³/mol. The van der Waals surface area contributed by atoms with Crippen molar-refractivity contribution in [2.45, 2.75) is 24.7 Å². The first-order valence-corrected chi connectivity index (χ1v) is 9.11. The number of benzene rings is 1. The SMILES string of the molecule is C[C@@H]1CC=CC[C@@H]1COC(=O)c1cccc(S(=O)(=O)N(C)C)c1. The molecular formula is C17H23NO4S. The number of allylic oxidation sites excluding steroid dienone is 2. The van der Waals surface area contributed by atoms with E-state index in [1.54, 1.807) is 12.1 Å². The topological polar surface area (TPSA) is 63.7 Å². The monoisotopic (exact) mass is 337 g/mol. The normalized spacial score (nSPS) is 21.4. The zero-order valence-electron chi connectivity index (χ0n) is 13.7. The lowest BCUT2D eigenvalue weighted by atomic mass is 9.85. The summed E-state index contributed by atoms with van der Waals surface area (Å²) in [6.07, 6.45) is 6.17. The van der Waals surface area contributed by atoms with Gasteiger partial charge >= 0.3 is 5.97 Å². The van der Waals surface area contributed by atoms with E-state index in [9.17, 15) is 13.2 Å². The van der Waals surface area contributed by atoms with E-state index in [-0.39, 0.29) is 10.5 Å². The molecule has 1 aromatic carbocycles. The number of carbonyl (C=O) groups is 1. The molecular weight excluding hydrogens is 314 g/mol. The average Bonchev–Trinajstić information content (AvgIpc) is 2.53. The fraction of sp³-hybridized carbons (Fsp3) is 0.471. The lowest BCUT2D eigenvalue weighted by Crippen LogP contribution is -2.23. The van der Waals surface area contributed by atoms with Crippen molar-refractivity contribution in [1.82, 2.24) is 4.31 Å². The van der Waals surface area contributed by atoms with Gasteiger partial charge in [-0.3, -0.25) is 0 Å². The maximum atomic E-state index is 12.2. The molecule has 23 heavy (non-hydrogen) atoms. The van der Waals surface area contributed by atoms with Crippen LogP contribution in [-0.4, -0.2) is 39.4 Å². The molecule has 0 bridgehead atoms. The van der Waals surface area contributed by atoms with E-state index >= 15 is 0 Å². The Hall–Kier alpha value is -1.66. The van der Waals surface area contributed by atoms with E-state index in [4.69, 9.17) is 4.74 Å². The van der Waals surface area contributed by atoms with Crippen molar-refractivity contribution in [3.05, 3.63) is 42.0 Å². The molecule has 0 aromatic heterocycles. The highest BCUT2D eigenvalue weighted by Gasteiger charge is 2.22. The Balaban J connectivity index is 2.07. The number of nitrogens with zero attached hydrogens (tertiary/aromatic N) is 1. The predicted octanol–water partition coefficient (Wildman–Crippen LogP) is 2.70. The number of hydrogen-bond donors (Lipinski definition) is 0. The van der Waals surface area contributed by atoms with Crippen LogP contribution in [0.5, 0.6) is 0 Å². The number of carbonyl (C=O) groups excluding carboxylic acids is 1. The fourth-order valence-corrected chi connectivity index (χ4v) is 3.45. The highest BCUT2D eigenvalue weighted by Crippen LogP contribution is 2.25. The second-order valence-corrected chi connectivity index (χ2v) is 8.25. The molecule has 1 aliphatic rings. The lowest BCUT2D eigenvalue weighted by molar-refractivity contribution is 0.0395. The quantitative estimate of drug-likeness (QED) is 0.612. The number of rotatable bonds is 5. The summed E-state index contributed by atoms with van der Waals surface area (Å²) in [4.78, 5) is 12.3. The molecule has 0 saturated heterocycles. The van der Waals surface area contributed by atoms with Gasteiger partial charge in [0.15, 0.2) is 0 Å². The van der Waals surface area contributed by atoms with Crippen LogP contribution < -0.4 is 0 Å². The van der Waals surface area contributed by atoms with Gasteiger partial charge in [0.1, 0.15) is 0 Å². The Morgan fingerprint density at radius 3 is 2.61 bits per heavy atom. The lowest BCUT2D eigenvalue weighted by Gasteiger charge is -2.24. The Morgan fingerprint density at radius 1 is 1.26 bits per heavy atom. The zero-order chi connectivity index (χ0) is 17.0. The van der Waals surface area contributed by atoms with Crippen molar-refractivity contribution in [2.24, 2.45) is 11.8 Å². The van der Waals surface area contributed by atoms with Crippen LogP contribution in [0.3, 0.4) is 0 Å². The van der Waals surface area contributed by atoms with E-state index in [2.05, 4.69) is 19.1 Å². The maximum absolute atomic E-state index is 12.2. The highest BCUT2D eigenvalue weighted by molar-refractivity contribution is 7.89. The molecule has 2 atom stereocenters. The second-order valence-electron chi connectivity index (χ2n) is 6.09. The third kappa shape index (κ3) is 4.20. The van der Waals surface area contributed by atoms with Crippen LogP contribution in [0.15, 0.2) is 41.3 Å². The highest BCUT2D eigenvalue weighted by atomic mass is 32.2. The molecule has 0 saturated carbocycles. The standard InChI is InChI=1S/C17H23NO4S/c1-13-7-4-5-8-15(13)12-22-17(19)14-9-6-10-16(11-14)23(20,21)18(2)3/h4-6,9-11,13,15H,7-8,12H2,1-3H3/t13-,15-/m1/s1. The number of esters is 1. The molecule has 0 aliphatic heterocycles. The summed E-state index contributed by atoms with van der Waals surface area (Å²) in [5.74, 6) is 0.313. The summed E-state index contributed by atoms with van der Waals surface area (Å²) in [5.41, 5.74) is 0.256. The van der Waals surface area contributed by atoms with E-state index in [0.717, 1.165) is 17.1 Å². The Kier molecular flexibility index (Phi) is 5.59. The van der Waals surface area contributed by atoms with E-state index in [1.165, 1.54) is 26.2 Å². The van der Waals surface area contributed by atoms with Crippen LogP contribution in [0.4, 0.5) is 0 Å². The van der Waals surface area contributed by atoms with Gasteiger partial charge in [-0.25, -0.2) is 17.5 Å². The van der Waals surface area contributed by atoms with Gasteiger partial charge in [-0.1, -0.05) is 25.1 Å². The minimum atomic E-state index is -3.56. The van der Waals surface area contributed by atoms with Crippen LogP contribution in [0.1, 0.15) is 30.1 Å². The van der Waals surface area contributed by atoms with E-state index in [1.807, 2.05) is 0 Å². The molecule has 1 aromatic rings. The fourth-order valence-electron chi connectivity index (χ4n) is 2.50. The number of sulfonamides is 1. The smallest absolute Gasteiger partial charge is 0.338 e. The molecule has 0 N–H and O–H groups in total. The van der Waals surface area contributed by atoms with Gasteiger partial charge in [-0.15, -0.1) is 0 Å².